The monoisotopic (exact) mass is 283 g/mol. The van der Waals surface area contributed by atoms with Gasteiger partial charge in [0, 0.05) is 18.6 Å². The first-order chi connectivity index (χ1) is 9.69. The molecular formula is C17H37N3. The molecule has 2 atom stereocenters. The van der Waals surface area contributed by atoms with E-state index in [1.165, 1.54) is 64.6 Å². The molecule has 0 saturated carbocycles. The molecule has 0 aromatic rings. The van der Waals surface area contributed by atoms with Crippen LogP contribution in [0.15, 0.2) is 0 Å². The van der Waals surface area contributed by atoms with Gasteiger partial charge in [0.25, 0.3) is 0 Å². The van der Waals surface area contributed by atoms with Gasteiger partial charge < -0.3 is 15.1 Å². The van der Waals surface area contributed by atoms with Crippen LogP contribution >= 0.6 is 0 Å². The average Bonchev–Trinajstić information content (AvgIpc) is 2.60. The third-order valence-electron chi connectivity index (χ3n) is 4.61. The largest absolute Gasteiger partial charge is 0.312 e. The Morgan fingerprint density at radius 2 is 1.85 bits per heavy atom. The summed E-state index contributed by atoms with van der Waals surface area (Å²) in [6.45, 7) is 9.43. The molecule has 1 aliphatic heterocycles. The Labute approximate surface area is 127 Å². The van der Waals surface area contributed by atoms with Crippen molar-refractivity contribution in [3.63, 3.8) is 0 Å². The highest BCUT2D eigenvalue weighted by Crippen LogP contribution is 2.16. The van der Waals surface area contributed by atoms with Crippen LogP contribution in [0.4, 0.5) is 0 Å². The van der Waals surface area contributed by atoms with Crippen LogP contribution in [0, 0.1) is 0 Å². The molecule has 0 amide bonds. The fourth-order valence-corrected chi connectivity index (χ4v) is 3.29. The molecule has 0 radical (unpaired) electrons. The number of hydrogen-bond donors (Lipinski definition) is 1. The summed E-state index contributed by atoms with van der Waals surface area (Å²) in [5, 5.41) is 3.83. The lowest BCUT2D eigenvalue weighted by molar-refractivity contribution is 0.170. The predicted octanol–water partition coefficient (Wildman–Crippen LogP) is 2.96. The van der Waals surface area contributed by atoms with Gasteiger partial charge in [0.05, 0.1) is 0 Å². The first kappa shape index (κ1) is 17.9. The van der Waals surface area contributed by atoms with Gasteiger partial charge in [-0.3, -0.25) is 0 Å². The third-order valence-corrected chi connectivity index (χ3v) is 4.61. The molecule has 0 spiro atoms. The van der Waals surface area contributed by atoms with Crippen molar-refractivity contribution < 1.29 is 0 Å². The van der Waals surface area contributed by atoms with Crippen molar-refractivity contribution in [2.45, 2.75) is 70.9 Å². The predicted molar refractivity (Wildman–Crippen MR) is 89.4 cm³/mol. The first-order valence-corrected chi connectivity index (χ1v) is 8.81. The van der Waals surface area contributed by atoms with Gasteiger partial charge in [-0.1, -0.05) is 39.5 Å². The summed E-state index contributed by atoms with van der Waals surface area (Å²) < 4.78 is 0. The third kappa shape index (κ3) is 6.55. The molecule has 0 aliphatic carbocycles. The lowest BCUT2D eigenvalue weighted by Crippen LogP contribution is -2.52. The quantitative estimate of drug-likeness (QED) is 0.656. The molecular weight excluding hydrogens is 246 g/mol. The minimum atomic E-state index is 0.664. The van der Waals surface area contributed by atoms with E-state index in [1.807, 2.05) is 0 Å². The molecule has 1 fully saturated rings. The maximum atomic E-state index is 3.83. The van der Waals surface area contributed by atoms with Gasteiger partial charge in [0.2, 0.25) is 0 Å². The van der Waals surface area contributed by atoms with Gasteiger partial charge in [-0.2, -0.15) is 0 Å². The molecule has 0 aromatic carbocycles. The van der Waals surface area contributed by atoms with Crippen LogP contribution in [-0.2, 0) is 0 Å². The molecule has 1 heterocycles. The molecule has 0 bridgehead atoms. The van der Waals surface area contributed by atoms with E-state index in [-0.39, 0.29) is 0 Å². The Hall–Kier alpha value is -0.120. The minimum Gasteiger partial charge on any atom is -0.312 e. The van der Waals surface area contributed by atoms with Crippen molar-refractivity contribution in [3.8, 4) is 0 Å². The standard InChI is InChI=1S/C17H37N3/c1-5-7-8-9-11-16(18-12-6-2)17-15-19(3)13-10-14-20(17)4/h16-18H,5-15H2,1-4H3. The molecule has 3 heteroatoms. The minimum absolute atomic E-state index is 0.664. The van der Waals surface area contributed by atoms with Crippen molar-refractivity contribution in [3.05, 3.63) is 0 Å². The van der Waals surface area contributed by atoms with E-state index in [1.54, 1.807) is 0 Å². The second-order valence-corrected chi connectivity index (χ2v) is 6.57. The van der Waals surface area contributed by atoms with Crippen LogP contribution < -0.4 is 5.32 Å². The van der Waals surface area contributed by atoms with Crippen molar-refractivity contribution in [1.82, 2.24) is 15.1 Å². The van der Waals surface area contributed by atoms with Crippen LogP contribution in [0.1, 0.15) is 58.8 Å². The molecule has 1 saturated heterocycles. The zero-order chi connectivity index (χ0) is 14.8. The van der Waals surface area contributed by atoms with Crippen molar-refractivity contribution in [2.24, 2.45) is 0 Å². The molecule has 1 rings (SSSR count). The number of unbranched alkanes of at least 4 members (excludes halogenated alkanes) is 3. The van der Waals surface area contributed by atoms with Gasteiger partial charge in [0.15, 0.2) is 0 Å². The first-order valence-electron chi connectivity index (χ1n) is 8.81. The summed E-state index contributed by atoms with van der Waals surface area (Å²) in [6.07, 6.45) is 9.37. The average molecular weight is 284 g/mol. The van der Waals surface area contributed by atoms with Crippen LogP contribution in [0.25, 0.3) is 0 Å². The van der Waals surface area contributed by atoms with Gasteiger partial charge in [-0.05, 0) is 53.0 Å². The highest BCUT2D eigenvalue weighted by molar-refractivity contribution is 4.87. The summed E-state index contributed by atoms with van der Waals surface area (Å²) in [5.41, 5.74) is 0. The molecule has 1 aliphatic rings. The number of nitrogens with zero attached hydrogens (tertiary/aromatic N) is 2. The van der Waals surface area contributed by atoms with E-state index in [0.717, 1.165) is 6.54 Å². The van der Waals surface area contributed by atoms with Gasteiger partial charge in [-0.15, -0.1) is 0 Å². The summed E-state index contributed by atoms with van der Waals surface area (Å²) in [6, 6.07) is 1.34. The summed E-state index contributed by atoms with van der Waals surface area (Å²) in [5.74, 6) is 0. The zero-order valence-electron chi connectivity index (χ0n) is 14.3. The highest BCUT2D eigenvalue weighted by atomic mass is 15.2. The topological polar surface area (TPSA) is 18.5 Å². The van der Waals surface area contributed by atoms with E-state index < -0.39 is 0 Å². The highest BCUT2D eigenvalue weighted by Gasteiger charge is 2.27. The fourth-order valence-electron chi connectivity index (χ4n) is 3.29. The van der Waals surface area contributed by atoms with E-state index in [9.17, 15) is 0 Å². The molecule has 120 valence electrons. The van der Waals surface area contributed by atoms with Gasteiger partial charge in [0.1, 0.15) is 0 Å². The SMILES string of the molecule is CCCCCCC(NCCC)C1CN(C)CCCN1C. The molecule has 20 heavy (non-hydrogen) atoms. The maximum Gasteiger partial charge on any atom is 0.0373 e. The Morgan fingerprint density at radius 1 is 1.05 bits per heavy atom. The lowest BCUT2D eigenvalue weighted by atomic mass is 9.99. The van der Waals surface area contributed by atoms with E-state index in [4.69, 9.17) is 0 Å². The van der Waals surface area contributed by atoms with Crippen LogP contribution in [-0.4, -0.2) is 62.2 Å². The van der Waals surface area contributed by atoms with Gasteiger partial charge >= 0.3 is 0 Å². The van der Waals surface area contributed by atoms with Crippen LogP contribution in [0.2, 0.25) is 0 Å². The van der Waals surface area contributed by atoms with Crippen molar-refractivity contribution in [1.29, 1.82) is 0 Å². The van der Waals surface area contributed by atoms with Crippen LogP contribution in [0.5, 0.6) is 0 Å². The fraction of sp³-hybridized carbons (Fsp3) is 1.00. The van der Waals surface area contributed by atoms with Crippen molar-refractivity contribution in [2.75, 3.05) is 40.3 Å². The second kappa shape index (κ2) is 10.6. The maximum absolute atomic E-state index is 3.83. The number of rotatable bonds is 9. The number of hydrogen-bond acceptors (Lipinski definition) is 3. The number of nitrogens with one attached hydrogen (secondary N) is 1. The van der Waals surface area contributed by atoms with Crippen molar-refractivity contribution >= 4 is 0 Å². The Morgan fingerprint density at radius 3 is 2.55 bits per heavy atom. The zero-order valence-corrected chi connectivity index (χ0v) is 14.3. The molecule has 1 N–H and O–H groups in total. The normalized spacial score (nSPS) is 23.7. The lowest BCUT2D eigenvalue weighted by Gasteiger charge is -2.35. The molecule has 2 unspecified atom stereocenters. The smallest absolute Gasteiger partial charge is 0.0373 e. The molecule has 3 nitrogen and oxygen atoms in total. The Balaban J connectivity index is 2.53. The van der Waals surface area contributed by atoms with E-state index in [2.05, 4.69) is 43.1 Å². The van der Waals surface area contributed by atoms with Crippen LogP contribution in [0.3, 0.4) is 0 Å². The second-order valence-electron chi connectivity index (χ2n) is 6.57. The van der Waals surface area contributed by atoms with E-state index >= 15 is 0 Å². The van der Waals surface area contributed by atoms with Gasteiger partial charge in [-0.25, -0.2) is 0 Å². The molecule has 0 aromatic heterocycles. The number of likely N-dealkylation sites (N-methyl/N-ethyl adjacent to an activating group) is 2. The summed E-state index contributed by atoms with van der Waals surface area (Å²) in [4.78, 5) is 5.11. The summed E-state index contributed by atoms with van der Waals surface area (Å²) >= 11 is 0. The Bertz CT molecular complexity index is 232. The Kier molecular flexibility index (Phi) is 9.49. The van der Waals surface area contributed by atoms with E-state index in [0.29, 0.717) is 12.1 Å². The summed E-state index contributed by atoms with van der Waals surface area (Å²) in [7, 11) is 4.59.